The molecule has 4 unspecified atom stereocenters. The lowest BCUT2D eigenvalue weighted by atomic mass is 9.43. The lowest BCUT2D eigenvalue weighted by Crippen LogP contribution is -2.64. The van der Waals surface area contributed by atoms with E-state index in [9.17, 15) is 113 Å². The first-order chi connectivity index (χ1) is 34.0. The molecule has 0 N–H and O–H groups in total. The number of alkyl halides is 18. The van der Waals surface area contributed by atoms with Gasteiger partial charge >= 0.3 is 78.8 Å². The number of carbonyl (C=O) groups is 7. The van der Waals surface area contributed by atoms with Gasteiger partial charge in [0.15, 0.2) is 12.2 Å². The molecule has 0 radical (unpaired) electrons. The molecule has 4 saturated carbocycles. The second-order valence-corrected chi connectivity index (χ2v) is 19.4. The Kier molecular flexibility index (Phi) is 17.4. The molecule has 15 nitrogen and oxygen atoms in total. The molecule has 0 aromatic carbocycles. The summed E-state index contributed by atoms with van der Waals surface area (Å²) in [5, 5.41) is 0. The average Bonchev–Trinajstić information content (AvgIpc) is 3.62. The summed E-state index contributed by atoms with van der Waals surface area (Å²) >= 11 is 0. The molecule has 0 bridgehead atoms. The van der Waals surface area contributed by atoms with E-state index in [0.29, 0.717) is 25.7 Å². The van der Waals surface area contributed by atoms with Gasteiger partial charge in [-0.05, 0) is 98.2 Å². The fraction of sp³-hybridized carbons (Fsp3) is 0.833. The lowest BCUT2D eigenvalue weighted by Gasteiger charge is -2.62. The number of hydrogen-bond donors (Lipinski definition) is 0. The minimum Gasteiger partial charge on any atom is -0.456 e. The highest BCUT2D eigenvalue weighted by molar-refractivity contribution is 5.79. The highest BCUT2D eigenvalue weighted by atomic mass is 19.4. The second kappa shape index (κ2) is 21.4. The Hall–Kier alpha value is -5.01. The number of esters is 7. The molecule has 1 aliphatic heterocycles. The van der Waals surface area contributed by atoms with Crippen LogP contribution in [0.3, 0.4) is 0 Å². The zero-order valence-electron chi connectivity index (χ0n) is 38.7. The fourth-order valence-electron chi connectivity index (χ4n) is 11.9. The van der Waals surface area contributed by atoms with Crippen molar-refractivity contribution in [1.29, 1.82) is 0 Å². The number of hydrogen-bond acceptors (Lipinski definition) is 15. The SMILES string of the molecule is C[C@H](CCC(=O)O[C@H]1O[C@H](COC(=O)C(F)(F)F)[C@@H](OC(=O)C(F)(F)F)[C@H](OC(=O)C(F)(F)F)[C@H]1OC(=O)C(F)(F)F)[C@H]1CCC2C3C[C@H](OC(=O)C(F)(F)F)C4C[C@H](OC(=O)C(F)(F)F)CC[C@]4(C)C3CC[C@@]21C. The highest BCUT2D eigenvalue weighted by Crippen LogP contribution is 2.69. The first-order valence-electron chi connectivity index (χ1n) is 22.5. The molecule has 0 amide bonds. The maximum Gasteiger partial charge on any atom is 0.490 e. The Balaban J connectivity index is 1.39. The number of carbonyl (C=O) groups excluding carboxylic acids is 7. The third kappa shape index (κ3) is 13.8. The molecule has 0 spiro atoms. The van der Waals surface area contributed by atoms with Crippen LogP contribution in [0.25, 0.3) is 0 Å². The minimum atomic E-state index is -6.23. The number of ether oxygens (including phenoxy) is 8. The van der Waals surface area contributed by atoms with Crippen LogP contribution in [0.15, 0.2) is 0 Å². The van der Waals surface area contributed by atoms with E-state index in [1.54, 1.807) is 13.8 Å². The summed E-state index contributed by atoms with van der Waals surface area (Å²) in [6.07, 6.45) is -55.6. The molecule has 5 rings (SSSR count). The summed E-state index contributed by atoms with van der Waals surface area (Å²) in [7, 11) is 0. The van der Waals surface area contributed by atoms with Crippen LogP contribution in [0, 0.1) is 46.3 Å². The summed E-state index contributed by atoms with van der Waals surface area (Å²) in [6, 6.07) is 0. The molecule has 0 aromatic heterocycles. The van der Waals surface area contributed by atoms with Crippen molar-refractivity contribution in [1.82, 2.24) is 0 Å². The van der Waals surface area contributed by atoms with Gasteiger partial charge in [-0.25, -0.2) is 28.8 Å². The maximum atomic E-state index is 13.6. The van der Waals surface area contributed by atoms with Crippen molar-refractivity contribution in [2.75, 3.05) is 6.61 Å². The van der Waals surface area contributed by atoms with Gasteiger partial charge in [0.25, 0.3) is 0 Å². The van der Waals surface area contributed by atoms with Gasteiger partial charge in [-0.1, -0.05) is 20.8 Å². The monoisotopic (exact) mass is 1130 g/mol. The Morgan fingerprint density at radius 1 is 0.507 bits per heavy atom. The Bertz CT molecular complexity index is 2160. The third-order valence-corrected chi connectivity index (χ3v) is 15.0. The summed E-state index contributed by atoms with van der Waals surface area (Å²) in [4.78, 5) is 84.9. The largest absolute Gasteiger partial charge is 0.490 e. The van der Waals surface area contributed by atoms with E-state index in [2.05, 4.69) is 23.7 Å². The van der Waals surface area contributed by atoms with Gasteiger partial charge in [-0.2, -0.15) is 79.0 Å². The molecule has 5 fully saturated rings. The zero-order valence-corrected chi connectivity index (χ0v) is 38.7. The number of rotatable bonds is 12. The average molecular weight is 1130 g/mol. The first kappa shape index (κ1) is 60.9. The smallest absolute Gasteiger partial charge is 0.456 e. The molecule has 75 heavy (non-hydrogen) atoms. The van der Waals surface area contributed by atoms with E-state index in [1.807, 2.05) is 6.92 Å². The Labute approximate surface area is 410 Å². The van der Waals surface area contributed by atoms with Crippen LogP contribution in [0.4, 0.5) is 79.0 Å². The summed E-state index contributed by atoms with van der Waals surface area (Å²) < 4.78 is 276. The van der Waals surface area contributed by atoms with Crippen molar-refractivity contribution < 1.29 is 150 Å². The third-order valence-electron chi connectivity index (χ3n) is 15.0. The first-order valence-corrected chi connectivity index (χ1v) is 22.5. The second-order valence-electron chi connectivity index (χ2n) is 19.4. The van der Waals surface area contributed by atoms with Crippen molar-refractivity contribution in [2.24, 2.45) is 46.3 Å². The van der Waals surface area contributed by atoms with Gasteiger partial charge in [-0.3, -0.25) is 4.79 Å². The molecular weight excluding hydrogens is 1090 g/mol. The Morgan fingerprint density at radius 2 is 0.960 bits per heavy atom. The molecule has 5 aliphatic rings. The van der Waals surface area contributed by atoms with E-state index in [-0.39, 0.29) is 43.9 Å². The molecule has 33 heteroatoms. The normalized spacial score (nSPS) is 33.8. The number of halogens is 18. The van der Waals surface area contributed by atoms with Gasteiger partial charge in [0.1, 0.15) is 24.9 Å². The molecule has 4 aliphatic carbocycles. The Morgan fingerprint density at radius 3 is 1.48 bits per heavy atom. The summed E-state index contributed by atoms with van der Waals surface area (Å²) in [5.41, 5.74) is -1.71. The fourth-order valence-corrected chi connectivity index (χ4v) is 11.9. The zero-order chi connectivity index (χ0) is 57.0. The molecule has 1 heterocycles. The molecule has 15 atom stereocenters. The van der Waals surface area contributed by atoms with Crippen LogP contribution in [0.5, 0.6) is 0 Å². The van der Waals surface area contributed by atoms with Gasteiger partial charge in [0.05, 0.1) is 0 Å². The van der Waals surface area contributed by atoms with Crippen molar-refractivity contribution >= 4 is 41.8 Å². The standard InChI is InChI=1S/C42H44F18O15/c1-15(18-5-6-19-17-13-22(71-31(64)39(49,50)51)21-12-16(69-30(63)38(46,47)48)8-10-36(21,3)20(17)9-11-35(18,19)2)4-7-24(61)72-28-27(75-34(67)42(58,59)60)26(74-33(66)41(55,56)57)25(73-32(65)40(52,53)54)23(70-28)14-68-29(62)37(43,44)45/h15-23,25-28H,4-14H2,1-3H3/t15-,16-,17?,18-,19?,20?,21?,22+,23-,25-,26+,27-,28-,35-,36-/m1/s1. The molecular formula is C42H44F18O15. The van der Waals surface area contributed by atoms with Gasteiger partial charge < -0.3 is 37.9 Å². The van der Waals surface area contributed by atoms with E-state index in [4.69, 9.17) is 14.2 Å². The van der Waals surface area contributed by atoms with Gasteiger partial charge in [-0.15, -0.1) is 0 Å². The maximum absolute atomic E-state index is 13.6. The lowest BCUT2D eigenvalue weighted by molar-refractivity contribution is -0.315. The summed E-state index contributed by atoms with van der Waals surface area (Å²) in [5.74, 6) is -23.6. The van der Waals surface area contributed by atoms with E-state index in [0.717, 1.165) is 0 Å². The van der Waals surface area contributed by atoms with Crippen LogP contribution >= 0.6 is 0 Å². The topological polar surface area (TPSA) is 193 Å². The van der Waals surface area contributed by atoms with Crippen molar-refractivity contribution in [3.63, 3.8) is 0 Å². The van der Waals surface area contributed by atoms with Crippen LogP contribution in [-0.2, 0) is 71.5 Å². The number of fused-ring (bicyclic) bond motifs is 5. The van der Waals surface area contributed by atoms with E-state index in [1.165, 1.54) is 0 Å². The van der Waals surface area contributed by atoms with Crippen molar-refractivity contribution in [3.8, 4) is 0 Å². The van der Waals surface area contributed by atoms with Crippen LogP contribution < -0.4 is 0 Å². The molecule has 0 aromatic rings. The molecule has 428 valence electrons. The van der Waals surface area contributed by atoms with Crippen molar-refractivity contribution in [3.05, 3.63) is 0 Å². The van der Waals surface area contributed by atoms with Gasteiger partial charge in [0.2, 0.25) is 12.4 Å². The van der Waals surface area contributed by atoms with E-state index < -0.39 is 169 Å². The van der Waals surface area contributed by atoms with Crippen LogP contribution in [-0.4, -0.2) is 128 Å². The van der Waals surface area contributed by atoms with Gasteiger partial charge in [0, 0.05) is 12.3 Å². The highest BCUT2D eigenvalue weighted by Gasteiger charge is 2.65. The predicted molar refractivity (Wildman–Crippen MR) is 200 cm³/mol. The molecule has 1 saturated heterocycles. The van der Waals surface area contributed by atoms with E-state index >= 15 is 0 Å². The summed E-state index contributed by atoms with van der Waals surface area (Å²) in [6.45, 7) is 2.96. The quantitative estimate of drug-likeness (QED) is 0.103. The van der Waals surface area contributed by atoms with Crippen LogP contribution in [0.1, 0.15) is 85.0 Å². The van der Waals surface area contributed by atoms with Crippen molar-refractivity contribution in [2.45, 2.75) is 165 Å². The minimum absolute atomic E-state index is 0.0470. The predicted octanol–water partition coefficient (Wildman–Crippen LogP) is 8.42. The van der Waals surface area contributed by atoms with Crippen LogP contribution in [0.2, 0.25) is 0 Å².